The molecular weight excluding hydrogens is 446 g/mol. The smallest absolute Gasteiger partial charge is 0.344 e. The number of aryl methyl sites for hydroxylation is 3. The standard InChI is InChI=1S/C26H25N5O4/c1-16-10-12-19(13-11-16)21-14-22(31(29-21)20-8-6-5-7-9-20)27-23(32)15-35-26(34)24-17(2)18(3)28-30(4)25(24)33/h5-14H,15H2,1-4H3,(H,27,32). The van der Waals surface area contributed by atoms with Gasteiger partial charge in [0.25, 0.3) is 11.5 Å². The van der Waals surface area contributed by atoms with Gasteiger partial charge < -0.3 is 10.1 Å². The van der Waals surface area contributed by atoms with Gasteiger partial charge in [0.2, 0.25) is 0 Å². The van der Waals surface area contributed by atoms with Crippen molar-refractivity contribution < 1.29 is 14.3 Å². The van der Waals surface area contributed by atoms with Gasteiger partial charge in [-0.25, -0.2) is 14.2 Å². The maximum atomic E-state index is 12.7. The first-order valence-electron chi connectivity index (χ1n) is 11.0. The Balaban J connectivity index is 1.56. The summed E-state index contributed by atoms with van der Waals surface area (Å²) in [5.74, 6) is -1.02. The molecular formula is C26H25N5O4. The number of hydrogen-bond donors (Lipinski definition) is 1. The van der Waals surface area contributed by atoms with Crippen LogP contribution in [0.2, 0.25) is 0 Å². The number of ether oxygens (including phenoxy) is 1. The predicted molar refractivity (Wildman–Crippen MR) is 132 cm³/mol. The van der Waals surface area contributed by atoms with E-state index in [0.717, 1.165) is 21.5 Å². The number of amides is 1. The summed E-state index contributed by atoms with van der Waals surface area (Å²) >= 11 is 0. The van der Waals surface area contributed by atoms with Crippen LogP contribution in [-0.4, -0.2) is 38.0 Å². The number of carbonyl (C=O) groups is 2. The van der Waals surface area contributed by atoms with E-state index in [-0.39, 0.29) is 5.56 Å². The first-order valence-corrected chi connectivity index (χ1v) is 11.0. The van der Waals surface area contributed by atoms with Gasteiger partial charge in [-0.2, -0.15) is 10.2 Å². The van der Waals surface area contributed by atoms with Gasteiger partial charge in [0, 0.05) is 18.7 Å². The predicted octanol–water partition coefficient (Wildman–Crippen LogP) is 3.35. The zero-order chi connectivity index (χ0) is 25.1. The zero-order valence-electron chi connectivity index (χ0n) is 19.9. The zero-order valence-corrected chi connectivity index (χ0v) is 19.9. The number of nitrogens with one attached hydrogen (secondary N) is 1. The van der Waals surface area contributed by atoms with Crippen molar-refractivity contribution in [1.82, 2.24) is 19.6 Å². The minimum atomic E-state index is -0.874. The number of rotatable bonds is 6. The van der Waals surface area contributed by atoms with Gasteiger partial charge in [-0.05, 0) is 38.5 Å². The molecule has 0 spiro atoms. The number of carbonyl (C=O) groups excluding carboxylic acids is 2. The van der Waals surface area contributed by atoms with E-state index in [4.69, 9.17) is 4.74 Å². The molecule has 2 heterocycles. The van der Waals surface area contributed by atoms with Gasteiger partial charge in [0.05, 0.1) is 17.1 Å². The van der Waals surface area contributed by atoms with E-state index in [9.17, 15) is 14.4 Å². The molecule has 1 amide bonds. The molecule has 9 heteroatoms. The lowest BCUT2D eigenvalue weighted by Gasteiger charge is -2.11. The molecule has 9 nitrogen and oxygen atoms in total. The number of para-hydroxylation sites is 1. The fraction of sp³-hybridized carbons (Fsp3) is 0.192. The van der Waals surface area contributed by atoms with Crippen LogP contribution in [0.1, 0.15) is 27.2 Å². The molecule has 0 aliphatic heterocycles. The van der Waals surface area contributed by atoms with Gasteiger partial charge in [-0.1, -0.05) is 48.0 Å². The van der Waals surface area contributed by atoms with Gasteiger partial charge in [-0.3, -0.25) is 9.59 Å². The third-order valence-electron chi connectivity index (χ3n) is 5.59. The van der Waals surface area contributed by atoms with E-state index < -0.39 is 24.0 Å². The molecule has 0 saturated carbocycles. The minimum absolute atomic E-state index is 0.135. The highest BCUT2D eigenvalue weighted by Crippen LogP contribution is 2.25. The van der Waals surface area contributed by atoms with Gasteiger partial charge >= 0.3 is 5.97 Å². The Labute approximate surface area is 202 Å². The first-order chi connectivity index (χ1) is 16.7. The molecule has 1 N–H and O–H groups in total. The van der Waals surface area contributed by atoms with Crippen molar-refractivity contribution in [3.05, 3.63) is 93.4 Å². The maximum Gasteiger partial charge on any atom is 0.344 e. The van der Waals surface area contributed by atoms with Crippen molar-refractivity contribution in [1.29, 1.82) is 0 Å². The molecule has 0 bridgehead atoms. The fourth-order valence-electron chi connectivity index (χ4n) is 3.57. The Hall–Kier alpha value is -4.53. The van der Waals surface area contributed by atoms with Crippen molar-refractivity contribution in [2.45, 2.75) is 20.8 Å². The topological polar surface area (TPSA) is 108 Å². The highest BCUT2D eigenvalue weighted by Gasteiger charge is 2.21. The fourth-order valence-corrected chi connectivity index (χ4v) is 3.57. The van der Waals surface area contributed by atoms with Crippen molar-refractivity contribution in [3.63, 3.8) is 0 Å². The second-order valence-corrected chi connectivity index (χ2v) is 8.17. The van der Waals surface area contributed by atoms with Crippen molar-refractivity contribution in [2.24, 2.45) is 7.05 Å². The molecule has 178 valence electrons. The average molecular weight is 472 g/mol. The molecule has 4 rings (SSSR count). The molecule has 2 aromatic heterocycles. The Bertz CT molecular complexity index is 1450. The molecule has 4 aromatic rings. The van der Waals surface area contributed by atoms with E-state index >= 15 is 0 Å². The third-order valence-corrected chi connectivity index (χ3v) is 5.59. The number of anilines is 1. The Kier molecular flexibility index (Phi) is 6.59. The monoisotopic (exact) mass is 471 g/mol. The molecule has 0 saturated heterocycles. The number of hydrogen-bond acceptors (Lipinski definition) is 6. The number of benzene rings is 2. The van der Waals surface area contributed by atoms with Crippen molar-refractivity contribution >= 4 is 17.7 Å². The third kappa shape index (κ3) is 5.03. The average Bonchev–Trinajstić information content (AvgIpc) is 3.26. The molecule has 0 unspecified atom stereocenters. The Morgan fingerprint density at radius 1 is 0.971 bits per heavy atom. The molecule has 0 atom stereocenters. The summed E-state index contributed by atoms with van der Waals surface area (Å²) < 4.78 is 7.85. The summed E-state index contributed by atoms with van der Waals surface area (Å²) in [5.41, 5.74) is 3.68. The summed E-state index contributed by atoms with van der Waals surface area (Å²) in [5, 5.41) is 11.5. The molecule has 0 aliphatic carbocycles. The van der Waals surface area contributed by atoms with E-state index in [2.05, 4.69) is 15.5 Å². The summed E-state index contributed by atoms with van der Waals surface area (Å²) in [4.78, 5) is 37.7. The second kappa shape index (κ2) is 9.76. The van der Waals surface area contributed by atoms with Crippen LogP contribution in [0.3, 0.4) is 0 Å². The summed E-state index contributed by atoms with van der Waals surface area (Å²) in [6.45, 7) is 4.74. The van der Waals surface area contributed by atoms with Crippen LogP contribution in [-0.2, 0) is 16.6 Å². The molecule has 0 fully saturated rings. The summed E-state index contributed by atoms with van der Waals surface area (Å²) in [6, 6.07) is 19.0. The lowest BCUT2D eigenvalue weighted by atomic mass is 10.1. The van der Waals surface area contributed by atoms with Gasteiger partial charge in [0.1, 0.15) is 11.4 Å². The van der Waals surface area contributed by atoms with Crippen molar-refractivity contribution in [3.8, 4) is 16.9 Å². The maximum absolute atomic E-state index is 12.7. The minimum Gasteiger partial charge on any atom is -0.452 e. The van der Waals surface area contributed by atoms with E-state index in [1.165, 1.54) is 7.05 Å². The van der Waals surface area contributed by atoms with E-state index in [1.807, 2.05) is 61.5 Å². The van der Waals surface area contributed by atoms with Crippen LogP contribution in [0.5, 0.6) is 0 Å². The highest BCUT2D eigenvalue weighted by atomic mass is 16.5. The molecule has 0 aliphatic rings. The Morgan fingerprint density at radius 2 is 1.66 bits per heavy atom. The van der Waals surface area contributed by atoms with Crippen LogP contribution in [0.25, 0.3) is 16.9 Å². The second-order valence-electron chi connectivity index (χ2n) is 8.17. The number of aromatic nitrogens is 4. The molecule has 0 radical (unpaired) electrons. The highest BCUT2D eigenvalue weighted by molar-refractivity contribution is 5.96. The van der Waals surface area contributed by atoms with Crippen LogP contribution < -0.4 is 10.9 Å². The molecule has 2 aromatic carbocycles. The quantitative estimate of drug-likeness (QED) is 0.432. The van der Waals surface area contributed by atoms with E-state index in [0.29, 0.717) is 22.8 Å². The van der Waals surface area contributed by atoms with Gasteiger partial charge in [-0.15, -0.1) is 0 Å². The Morgan fingerprint density at radius 3 is 2.34 bits per heavy atom. The molecule has 35 heavy (non-hydrogen) atoms. The first kappa shape index (κ1) is 23.6. The number of esters is 1. The van der Waals surface area contributed by atoms with Crippen LogP contribution in [0, 0.1) is 20.8 Å². The van der Waals surface area contributed by atoms with Crippen LogP contribution in [0.15, 0.2) is 65.5 Å². The number of nitrogens with zero attached hydrogens (tertiary/aromatic N) is 4. The van der Waals surface area contributed by atoms with Crippen molar-refractivity contribution in [2.75, 3.05) is 11.9 Å². The van der Waals surface area contributed by atoms with Crippen LogP contribution in [0.4, 0.5) is 5.82 Å². The lowest BCUT2D eigenvalue weighted by molar-refractivity contribution is -0.119. The van der Waals surface area contributed by atoms with Gasteiger partial charge in [0.15, 0.2) is 6.61 Å². The largest absolute Gasteiger partial charge is 0.452 e. The normalized spacial score (nSPS) is 10.7. The summed E-state index contributed by atoms with van der Waals surface area (Å²) in [6.07, 6.45) is 0. The van der Waals surface area contributed by atoms with Crippen LogP contribution >= 0.6 is 0 Å². The SMILES string of the molecule is Cc1ccc(-c2cc(NC(=O)COC(=O)c3c(C)c(C)nn(C)c3=O)n(-c3ccccc3)n2)cc1. The summed E-state index contributed by atoms with van der Waals surface area (Å²) in [7, 11) is 1.45. The lowest BCUT2D eigenvalue weighted by Crippen LogP contribution is -2.31. The van der Waals surface area contributed by atoms with E-state index in [1.54, 1.807) is 24.6 Å².